The lowest BCUT2D eigenvalue weighted by molar-refractivity contribution is -0.138. The Kier molecular flexibility index (Phi) is 13.1. The Balaban J connectivity index is 1.24. The number of fused-ring (bicyclic) bond motifs is 1. The van der Waals surface area contributed by atoms with Crippen molar-refractivity contribution >= 4 is 73.9 Å². The summed E-state index contributed by atoms with van der Waals surface area (Å²) in [6.07, 6.45) is 3.26. The fraction of sp³-hybridized carbons (Fsp3) is 0.200. The lowest BCUT2D eigenvalue weighted by Gasteiger charge is -2.29. The van der Waals surface area contributed by atoms with Gasteiger partial charge in [0.05, 0.1) is 36.8 Å². The zero-order chi connectivity index (χ0) is 44.0. The number of amides is 3. The highest BCUT2D eigenvalue weighted by atomic mass is 32.2. The number of hydrogen-bond donors (Lipinski definition) is 6. The first-order valence-electron chi connectivity index (χ1n) is 19.0. The molecular formula is C45H47N7O8S. The maximum absolute atomic E-state index is 13.4. The fourth-order valence-electron chi connectivity index (χ4n) is 6.60. The van der Waals surface area contributed by atoms with Crippen LogP contribution < -0.4 is 45.9 Å². The largest absolute Gasteiger partial charge is 0.496 e. The number of ether oxygens (including phenoxy) is 3. The topological polar surface area (TPSA) is 220 Å². The number of methoxy groups -OCH3 is 2. The summed E-state index contributed by atoms with van der Waals surface area (Å²) in [6, 6.07) is 28.1. The van der Waals surface area contributed by atoms with Gasteiger partial charge in [-0.05, 0) is 77.6 Å². The van der Waals surface area contributed by atoms with Crippen LogP contribution in [0.3, 0.4) is 0 Å². The third kappa shape index (κ3) is 10.2. The number of nitrogens with two attached hydrogens (primary N) is 2. The number of rotatable bonds is 15. The van der Waals surface area contributed by atoms with Crippen LogP contribution in [0.25, 0.3) is 10.8 Å². The third-order valence-corrected chi connectivity index (χ3v) is 10.1. The van der Waals surface area contributed by atoms with Crippen molar-refractivity contribution in [2.24, 2.45) is 11.5 Å². The van der Waals surface area contributed by atoms with Crippen LogP contribution in [-0.2, 0) is 27.6 Å². The SMILES string of the molecule is COc1cc(Nc2cc(Oc3ccc(N(C(N)=O)c4cc(C(C)(C)C)cc(NS(C)=O)c4OC)c4ccccc34)ccn2)ccc1C(=O)Nc1ccc(C[C@H](N)C(=O)O)cc1. The van der Waals surface area contributed by atoms with E-state index >= 15 is 0 Å². The van der Waals surface area contributed by atoms with Crippen LogP contribution >= 0.6 is 0 Å². The summed E-state index contributed by atoms with van der Waals surface area (Å²) in [4.78, 5) is 43.6. The predicted octanol–water partition coefficient (Wildman–Crippen LogP) is 8.21. The number of pyridine rings is 1. The number of urea groups is 1. The Morgan fingerprint density at radius 1 is 0.852 bits per heavy atom. The highest BCUT2D eigenvalue weighted by molar-refractivity contribution is 7.85. The molecule has 0 saturated heterocycles. The molecule has 1 heterocycles. The lowest BCUT2D eigenvalue weighted by Crippen LogP contribution is -2.32. The predicted molar refractivity (Wildman–Crippen MR) is 239 cm³/mol. The molecule has 3 amide bonds. The molecule has 2 atom stereocenters. The number of anilines is 6. The average Bonchev–Trinajstić information content (AvgIpc) is 3.21. The summed E-state index contributed by atoms with van der Waals surface area (Å²) >= 11 is 0. The Hall–Kier alpha value is -7.17. The molecule has 15 nitrogen and oxygen atoms in total. The van der Waals surface area contributed by atoms with Crippen LogP contribution in [0.5, 0.6) is 23.0 Å². The quantitative estimate of drug-likeness (QED) is 0.0578. The van der Waals surface area contributed by atoms with Gasteiger partial charge in [-0.15, -0.1) is 0 Å². The van der Waals surface area contributed by atoms with Gasteiger partial charge in [0.15, 0.2) is 5.75 Å². The number of aromatic nitrogens is 1. The number of hydrogen-bond acceptors (Lipinski definition) is 10. The highest BCUT2D eigenvalue weighted by Crippen LogP contribution is 2.46. The number of primary amides is 1. The third-order valence-electron chi connectivity index (χ3n) is 9.62. The maximum Gasteiger partial charge on any atom is 0.324 e. The summed E-state index contributed by atoms with van der Waals surface area (Å²) in [5, 5.41) is 16.5. The smallest absolute Gasteiger partial charge is 0.324 e. The van der Waals surface area contributed by atoms with Crippen molar-refractivity contribution < 1.29 is 37.9 Å². The zero-order valence-corrected chi connectivity index (χ0v) is 35.3. The van der Waals surface area contributed by atoms with Gasteiger partial charge in [0, 0.05) is 46.7 Å². The molecule has 6 aromatic rings. The molecule has 0 bridgehead atoms. The molecule has 0 aliphatic heterocycles. The fourth-order valence-corrected chi connectivity index (χ4v) is 7.06. The van der Waals surface area contributed by atoms with Crippen molar-refractivity contribution in [3.63, 3.8) is 0 Å². The van der Waals surface area contributed by atoms with Gasteiger partial charge >= 0.3 is 12.0 Å². The molecule has 0 aliphatic rings. The molecule has 16 heteroatoms. The summed E-state index contributed by atoms with van der Waals surface area (Å²) in [6.45, 7) is 6.10. The van der Waals surface area contributed by atoms with E-state index in [9.17, 15) is 18.6 Å². The van der Waals surface area contributed by atoms with Gasteiger partial charge in [0.25, 0.3) is 5.91 Å². The molecule has 316 valence electrons. The van der Waals surface area contributed by atoms with Crippen molar-refractivity contribution in [2.45, 2.75) is 38.6 Å². The normalized spacial score (nSPS) is 12.2. The summed E-state index contributed by atoms with van der Waals surface area (Å²) in [5.41, 5.74) is 15.7. The van der Waals surface area contributed by atoms with E-state index in [-0.39, 0.29) is 17.4 Å². The van der Waals surface area contributed by atoms with Crippen molar-refractivity contribution in [3.8, 4) is 23.0 Å². The molecular weight excluding hydrogens is 799 g/mol. The standard InChI is InChI=1S/C45H47N7O8S/c1-45(2,3)27-22-35(51-61(6)57)41(59-5)37(23-27)52(44(47)56)36-17-18-38(32-10-8-7-9-31(32)36)60-30-19-20-48-40(25-30)49-29-15-16-33(39(24-29)58-4)42(53)50-28-13-11-26(12-14-28)21-34(46)43(54)55/h7-20,22-25,34,51H,21,46H2,1-6H3,(H2,47,56)(H,48,49)(H,50,53)(H,54,55)/t34-,61?/m0/s1. The van der Waals surface area contributed by atoms with Crippen LogP contribution in [0.15, 0.2) is 109 Å². The van der Waals surface area contributed by atoms with E-state index in [4.69, 9.17) is 30.8 Å². The first-order chi connectivity index (χ1) is 29.1. The van der Waals surface area contributed by atoms with Crippen molar-refractivity contribution in [2.75, 3.05) is 40.7 Å². The molecule has 1 aromatic heterocycles. The number of nitrogens with zero attached hydrogens (tertiary/aromatic N) is 2. The second-order valence-corrected chi connectivity index (χ2v) is 16.1. The average molecular weight is 846 g/mol. The second kappa shape index (κ2) is 18.4. The van der Waals surface area contributed by atoms with Crippen LogP contribution in [-0.4, -0.2) is 58.7 Å². The molecule has 0 aliphatic carbocycles. The number of carbonyl (C=O) groups excluding carboxylic acids is 2. The molecule has 1 unspecified atom stereocenters. The van der Waals surface area contributed by atoms with E-state index in [1.165, 1.54) is 25.4 Å². The van der Waals surface area contributed by atoms with Crippen LogP contribution in [0, 0.1) is 0 Å². The van der Waals surface area contributed by atoms with Gasteiger partial charge in [0.2, 0.25) is 0 Å². The molecule has 6 rings (SSSR count). The molecule has 0 fully saturated rings. The number of benzene rings is 5. The number of carbonyl (C=O) groups is 3. The lowest BCUT2D eigenvalue weighted by atomic mass is 9.86. The van der Waals surface area contributed by atoms with Gasteiger partial charge in [-0.1, -0.05) is 57.2 Å². The molecule has 0 spiro atoms. The number of carboxylic acids is 1. The Labute approximate surface area is 355 Å². The number of nitrogens with one attached hydrogen (secondary N) is 3. The van der Waals surface area contributed by atoms with Crippen LogP contribution in [0.2, 0.25) is 0 Å². The monoisotopic (exact) mass is 845 g/mol. The summed E-state index contributed by atoms with van der Waals surface area (Å²) < 4.78 is 33.1. The molecule has 5 aromatic carbocycles. The first-order valence-corrected chi connectivity index (χ1v) is 20.5. The van der Waals surface area contributed by atoms with E-state index in [0.717, 1.165) is 11.1 Å². The summed E-state index contributed by atoms with van der Waals surface area (Å²) in [5.74, 6) is 0.517. The highest BCUT2D eigenvalue weighted by Gasteiger charge is 2.28. The van der Waals surface area contributed by atoms with Gasteiger partial charge < -0.3 is 46.1 Å². The van der Waals surface area contributed by atoms with Crippen molar-refractivity contribution in [1.29, 1.82) is 0 Å². The number of carboxylic acid groups (broad SMARTS) is 1. The number of aliphatic carboxylic acids is 1. The second-order valence-electron chi connectivity index (χ2n) is 15.0. The zero-order valence-electron chi connectivity index (χ0n) is 34.4. The molecule has 8 N–H and O–H groups in total. The first kappa shape index (κ1) is 43.4. The Morgan fingerprint density at radius 3 is 2.20 bits per heavy atom. The van der Waals surface area contributed by atoms with Gasteiger partial charge in [0.1, 0.15) is 40.1 Å². The molecule has 0 radical (unpaired) electrons. The van der Waals surface area contributed by atoms with Gasteiger partial charge in [-0.25, -0.2) is 14.0 Å². The Bertz CT molecular complexity index is 2630. The summed E-state index contributed by atoms with van der Waals surface area (Å²) in [7, 11) is 1.50. The minimum atomic E-state index is -1.44. The minimum absolute atomic E-state index is 0.159. The minimum Gasteiger partial charge on any atom is -0.496 e. The van der Waals surface area contributed by atoms with Crippen molar-refractivity contribution in [3.05, 3.63) is 126 Å². The van der Waals surface area contributed by atoms with E-state index in [2.05, 4.69) is 20.3 Å². The van der Waals surface area contributed by atoms with Gasteiger partial charge in [-0.2, -0.15) is 0 Å². The van der Waals surface area contributed by atoms with E-state index in [0.29, 0.717) is 68.0 Å². The maximum atomic E-state index is 13.4. The van der Waals surface area contributed by atoms with Crippen LogP contribution in [0.4, 0.5) is 39.0 Å². The van der Waals surface area contributed by atoms with E-state index < -0.39 is 34.9 Å². The van der Waals surface area contributed by atoms with E-state index in [1.807, 2.05) is 57.2 Å². The van der Waals surface area contributed by atoms with E-state index in [1.54, 1.807) is 72.9 Å². The van der Waals surface area contributed by atoms with Crippen molar-refractivity contribution in [1.82, 2.24) is 4.98 Å². The van der Waals surface area contributed by atoms with Gasteiger partial charge in [-0.3, -0.25) is 14.5 Å². The molecule has 61 heavy (non-hydrogen) atoms. The Morgan fingerprint density at radius 2 is 1.56 bits per heavy atom. The van der Waals surface area contributed by atoms with Crippen LogP contribution in [0.1, 0.15) is 42.3 Å². The molecule has 0 saturated carbocycles.